The first kappa shape index (κ1) is 17.4. The minimum absolute atomic E-state index is 0.320. The number of nitriles is 1. The zero-order chi connectivity index (χ0) is 18.4. The summed E-state index contributed by atoms with van der Waals surface area (Å²) in [6.07, 6.45) is 2.91. The maximum absolute atomic E-state index is 12.2. The number of nitrogens with zero attached hydrogens (tertiary/aromatic N) is 3. The molecule has 0 radical (unpaired) electrons. The first-order valence-electron chi connectivity index (χ1n) is 7.76. The van der Waals surface area contributed by atoms with Crippen LogP contribution in [0.15, 0.2) is 60.9 Å². The summed E-state index contributed by atoms with van der Waals surface area (Å²) >= 11 is 5.85. The Kier molecular flexibility index (Phi) is 5.42. The number of nitrogens with one attached hydrogen (secondary N) is 2. The smallest absolute Gasteiger partial charge is 0.258 e. The molecule has 6 nitrogen and oxygen atoms in total. The summed E-state index contributed by atoms with van der Waals surface area (Å²) < 4.78 is 0. The highest BCUT2D eigenvalue weighted by molar-refractivity contribution is 6.30. The van der Waals surface area contributed by atoms with Crippen LogP contribution in [0, 0.1) is 11.3 Å². The van der Waals surface area contributed by atoms with Gasteiger partial charge >= 0.3 is 0 Å². The van der Waals surface area contributed by atoms with Crippen LogP contribution in [0.1, 0.15) is 21.5 Å². The maximum Gasteiger partial charge on any atom is 0.258 e. The monoisotopic (exact) mass is 363 g/mol. The minimum atomic E-state index is -0.320. The second-order valence-corrected chi connectivity index (χ2v) is 5.86. The van der Waals surface area contributed by atoms with Gasteiger partial charge in [-0.2, -0.15) is 5.26 Å². The van der Waals surface area contributed by atoms with Crippen molar-refractivity contribution in [2.75, 3.05) is 10.6 Å². The quantitative estimate of drug-likeness (QED) is 0.718. The summed E-state index contributed by atoms with van der Waals surface area (Å²) in [6, 6.07) is 16.1. The van der Waals surface area contributed by atoms with Gasteiger partial charge in [0.2, 0.25) is 5.95 Å². The number of halogens is 1. The van der Waals surface area contributed by atoms with Crippen molar-refractivity contribution < 1.29 is 4.79 Å². The van der Waals surface area contributed by atoms with Gasteiger partial charge in [0.15, 0.2) is 0 Å². The molecule has 128 valence electrons. The van der Waals surface area contributed by atoms with Crippen LogP contribution < -0.4 is 10.6 Å². The van der Waals surface area contributed by atoms with E-state index in [0.29, 0.717) is 34.3 Å². The molecule has 0 aliphatic rings. The Bertz CT molecular complexity index is 932. The molecule has 0 spiro atoms. The molecule has 0 aliphatic carbocycles. The SMILES string of the molecule is N#Cc1ccc(NC(=O)c2cnc(NCc3ccc(Cl)cc3)nc2)cc1. The largest absolute Gasteiger partial charge is 0.350 e. The number of anilines is 2. The first-order valence-corrected chi connectivity index (χ1v) is 8.14. The Hall–Kier alpha value is -3.43. The van der Waals surface area contributed by atoms with Gasteiger partial charge in [0.05, 0.1) is 17.2 Å². The van der Waals surface area contributed by atoms with E-state index >= 15 is 0 Å². The lowest BCUT2D eigenvalue weighted by atomic mass is 10.2. The molecule has 1 amide bonds. The van der Waals surface area contributed by atoms with Crippen molar-refractivity contribution in [2.45, 2.75) is 6.54 Å². The number of hydrogen-bond donors (Lipinski definition) is 2. The van der Waals surface area contributed by atoms with Crippen LogP contribution in [-0.4, -0.2) is 15.9 Å². The second-order valence-electron chi connectivity index (χ2n) is 5.42. The average molecular weight is 364 g/mol. The van der Waals surface area contributed by atoms with E-state index < -0.39 is 0 Å². The van der Waals surface area contributed by atoms with E-state index in [4.69, 9.17) is 16.9 Å². The normalized spacial score (nSPS) is 10.0. The third-order valence-electron chi connectivity index (χ3n) is 3.55. The van der Waals surface area contributed by atoms with Gasteiger partial charge in [-0.15, -0.1) is 0 Å². The maximum atomic E-state index is 12.2. The highest BCUT2D eigenvalue weighted by Crippen LogP contribution is 2.12. The number of carbonyl (C=O) groups excluding carboxylic acids is 1. The molecule has 0 bridgehead atoms. The second kappa shape index (κ2) is 8.10. The van der Waals surface area contributed by atoms with Gasteiger partial charge in [-0.3, -0.25) is 4.79 Å². The predicted octanol–water partition coefficient (Wildman–Crippen LogP) is 3.87. The van der Waals surface area contributed by atoms with Crippen molar-refractivity contribution in [3.8, 4) is 6.07 Å². The predicted molar refractivity (Wildman–Crippen MR) is 99.9 cm³/mol. The fraction of sp³-hybridized carbons (Fsp3) is 0.0526. The summed E-state index contributed by atoms with van der Waals surface area (Å²) in [5, 5.41) is 15.3. The summed E-state index contributed by atoms with van der Waals surface area (Å²) in [4.78, 5) is 20.5. The van der Waals surface area contributed by atoms with Crippen LogP contribution >= 0.6 is 11.6 Å². The van der Waals surface area contributed by atoms with E-state index in [-0.39, 0.29) is 5.91 Å². The van der Waals surface area contributed by atoms with Gasteiger partial charge in [0.25, 0.3) is 5.91 Å². The lowest BCUT2D eigenvalue weighted by molar-refractivity contribution is 0.102. The van der Waals surface area contributed by atoms with Gasteiger partial charge in [-0.05, 0) is 42.0 Å². The third kappa shape index (κ3) is 4.56. The molecular formula is C19H14ClN5O. The molecule has 0 saturated carbocycles. The molecule has 3 rings (SSSR count). The summed E-state index contributed by atoms with van der Waals surface area (Å²) in [5.41, 5.74) is 2.51. The lowest BCUT2D eigenvalue weighted by Gasteiger charge is -2.07. The number of carbonyl (C=O) groups is 1. The number of rotatable bonds is 5. The standard InChI is InChI=1S/C19H14ClN5O/c20-16-5-1-14(2-6-16)10-22-19-23-11-15(12-24-19)18(26)25-17-7-3-13(9-21)4-8-17/h1-8,11-12H,10H2,(H,25,26)(H,22,23,24). The highest BCUT2D eigenvalue weighted by atomic mass is 35.5. The van der Waals surface area contributed by atoms with E-state index in [1.807, 2.05) is 30.3 Å². The Labute approximate surface area is 155 Å². The molecule has 1 aromatic heterocycles. The third-order valence-corrected chi connectivity index (χ3v) is 3.80. The van der Waals surface area contributed by atoms with Crippen molar-refractivity contribution >= 4 is 29.1 Å². The molecule has 26 heavy (non-hydrogen) atoms. The van der Waals surface area contributed by atoms with Crippen LogP contribution in [-0.2, 0) is 6.54 Å². The van der Waals surface area contributed by atoms with E-state index in [0.717, 1.165) is 5.56 Å². The molecule has 0 saturated heterocycles. The summed E-state index contributed by atoms with van der Waals surface area (Å²) in [7, 11) is 0. The number of amides is 1. The van der Waals surface area contributed by atoms with E-state index in [1.165, 1.54) is 12.4 Å². The van der Waals surface area contributed by atoms with E-state index in [1.54, 1.807) is 24.3 Å². The Morgan fingerprint density at radius 2 is 1.69 bits per heavy atom. The first-order chi connectivity index (χ1) is 12.6. The van der Waals surface area contributed by atoms with Crippen LogP contribution in [0.5, 0.6) is 0 Å². The number of aromatic nitrogens is 2. The van der Waals surface area contributed by atoms with Crippen LogP contribution in [0.2, 0.25) is 5.02 Å². The van der Waals surface area contributed by atoms with Gasteiger partial charge in [-0.25, -0.2) is 9.97 Å². The molecule has 0 unspecified atom stereocenters. The van der Waals surface area contributed by atoms with Crippen molar-refractivity contribution in [1.29, 1.82) is 5.26 Å². The Morgan fingerprint density at radius 3 is 2.31 bits per heavy atom. The topological polar surface area (TPSA) is 90.7 Å². The van der Waals surface area contributed by atoms with Crippen LogP contribution in [0.25, 0.3) is 0 Å². The van der Waals surface area contributed by atoms with Gasteiger partial charge in [-0.1, -0.05) is 23.7 Å². The molecule has 2 N–H and O–H groups in total. The Balaban J connectivity index is 1.58. The van der Waals surface area contributed by atoms with E-state index in [2.05, 4.69) is 20.6 Å². The van der Waals surface area contributed by atoms with Crippen LogP contribution in [0.4, 0.5) is 11.6 Å². The molecule has 7 heteroatoms. The van der Waals surface area contributed by atoms with Crippen molar-refractivity contribution in [2.24, 2.45) is 0 Å². The molecule has 1 heterocycles. The zero-order valence-electron chi connectivity index (χ0n) is 13.6. The fourth-order valence-electron chi connectivity index (χ4n) is 2.15. The Morgan fingerprint density at radius 1 is 1.04 bits per heavy atom. The lowest BCUT2D eigenvalue weighted by Crippen LogP contribution is -2.13. The van der Waals surface area contributed by atoms with Gasteiger partial charge < -0.3 is 10.6 Å². The summed E-state index contributed by atoms with van der Waals surface area (Å²) in [6.45, 7) is 0.550. The molecule has 0 fully saturated rings. The highest BCUT2D eigenvalue weighted by Gasteiger charge is 2.08. The van der Waals surface area contributed by atoms with E-state index in [9.17, 15) is 4.79 Å². The van der Waals surface area contributed by atoms with Crippen LogP contribution in [0.3, 0.4) is 0 Å². The minimum Gasteiger partial charge on any atom is -0.350 e. The molecule has 2 aromatic carbocycles. The van der Waals surface area contributed by atoms with Crippen molar-refractivity contribution in [1.82, 2.24) is 9.97 Å². The number of hydrogen-bond acceptors (Lipinski definition) is 5. The van der Waals surface area contributed by atoms with Crippen molar-refractivity contribution in [3.05, 3.63) is 82.6 Å². The molecule has 0 aliphatic heterocycles. The zero-order valence-corrected chi connectivity index (χ0v) is 14.4. The van der Waals surface area contributed by atoms with Crippen molar-refractivity contribution in [3.63, 3.8) is 0 Å². The fourth-order valence-corrected chi connectivity index (χ4v) is 2.28. The summed E-state index contributed by atoms with van der Waals surface area (Å²) in [5.74, 6) is 0.105. The molecule has 3 aromatic rings. The molecular weight excluding hydrogens is 350 g/mol. The number of benzene rings is 2. The average Bonchev–Trinajstić information content (AvgIpc) is 2.68. The molecule has 0 atom stereocenters. The van der Waals surface area contributed by atoms with Gasteiger partial charge in [0, 0.05) is 29.6 Å². The van der Waals surface area contributed by atoms with Gasteiger partial charge in [0.1, 0.15) is 0 Å².